The number of amides is 1. The highest BCUT2D eigenvalue weighted by Gasteiger charge is 2.18. The molecule has 0 unspecified atom stereocenters. The molecule has 1 aliphatic rings. The largest absolute Gasteiger partial charge is 0.352 e. The lowest BCUT2D eigenvalue weighted by atomic mass is 9.98. The summed E-state index contributed by atoms with van der Waals surface area (Å²) in [5, 5.41) is 2.77. The molecule has 0 aromatic heterocycles. The second-order valence-electron chi connectivity index (χ2n) is 3.33. The molecule has 1 aliphatic heterocycles. The van der Waals surface area contributed by atoms with Crippen LogP contribution in [0.5, 0.6) is 0 Å². The molecule has 0 atom stereocenters. The highest BCUT2D eigenvalue weighted by molar-refractivity contribution is 6.08. The third kappa shape index (κ3) is 1.53. The number of Topliss-reactive ketones (excluding diaryl/α,β-unsaturated/α-hetero) is 1. The van der Waals surface area contributed by atoms with Crippen molar-refractivity contribution in [3.05, 3.63) is 35.4 Å². The molecule has 0 fully saturated rings. The van der Waals surface area contributed by atoms with Gasteiger partial charge in [-0.3, -0.25) is 9.59 Å². The predicted octanol–water partition coefficient (Wildman–Crippen LogP) is 1.39. The summed E-state index contributed by atoms with van der Waals surface area (Å²) in [5.41, 5.74) is 1.04. The molecule has 1 amide bonds. The van der Waals surface area contributed by atoms with E-state index in [1.54, 1.807) is 24.3 Å². The molecule has 1 heterocycles. The summed E-state index contributed by atoms with van der Waals surface area (Å²) in [6, 6.07) is 6.95. The van der Waals surface area contributed by atoms with Crippen LogP contribution < -0.4 is 5.32 Å². The number of carbonyl (C=O) groups is 2. The van der Waals surface area contributed by atoms with Crippen LogP contribution in [0.4, 0.5) is 0 Å². The van der Waals surface area contributed by atoms with Crippen molar-refractivity contribution in [2.45, 2.75) is 12.8 Å². The Balaban J connectivity index is 2.49. The van der Waals surface area contributed by atoms with E-state index in [-0.39, 0.29) is 11.7 Å². The highest BCUT2D eigenvalue weighted by atomic mass is 16.2. The number of ketones is 1. The number of hydrogen-bond donors (Lipinski definition) is 1. The molecule has 1 aromatic rings. The van der Waals surface area contributed by atoms with Gasteiger partial charge < -0.3 is 5.32 Å². The first-order valence-corrected chi connectivity index (χ1v) is 4.69. The topological polar surface area (TPSA) is 46.2 Å². The SMILES string of the molecule is O=C1CCCNC(=O)c2ccccc21. The van der Waals surface area contributed by atoms with Crippen molar-refractivity contribution in [2.24, 2.45) is 0 Å². The quantitative estimate of drug-likeness (QED) is 0.670. The molecule has 14 heavy (non-hydrogen) atoms. The Labute approximate surface area is 82.1 Å². The van der Waals surface area contributed by atoms with Crippen LogP contribution in [0.25, 0.3) is 0 Å². The fraction of sp³-hybridized carbons (Fsp3) is 0.273. The van der Waals surface area contributed by atoms with Gasteiger partial charge in [-0.05, 0) is 12.5 Å². The third-order valence-corrected chi connectivity index (χ3v) is 2.34. The lowest BCUT2D eigenvalue weighted by Crippen LogP contribution is -2.29. The Bertz CT molecular complexity index is 348. The molecule has 2 rings (SSSR count). The van der Waals surface area contributed by atoms with E-state index in [0.29, 0.717) is 24.1 Å². The van der Waals surface area contributed by atoms with Gasteiger partial charge in [0.2, 0.25) is 0 Å². The van der Waals surface area contributed by atoms with Crippen molar-refractivity contribution in [2.75, 3.05) is 6.54 Å². The molecule has 0 spiro atoms. The van der Waals surface area contributed by atoms with Crippen LogP contribution in [0.3, 0.4) is 0 Å². The maximum Gasteiger partial charge on any atom is 0.252 e. The number of carbonyl (C=O) groups excluding carboxylic acids is 2. The normalized spacial score (nSPS) is 16.6. The van der Waals surface area contributed by atoms with Crippen LogP contribution in [-0.2, 0) is 0 Å². The van der Waals surface area contributed by atoms with Crippen LogP contribution >= 0.6 is 0 Å². The predicted molar refractivity (Wildman–Crippen MR) is 52.3 cm³/mol. The first-order chi connectivity index (χ1) is 6.79. The van der Waals surface area contributed by atoms with E-state index in [1.807, 2.05) is 0 Å². The molecule has 1 aromatic carbocycles. The fourth-order valence-electron chi connectivity index (χ4n) is 1.61. The molecule has 1 N–H and O–H groups in total. The van der Waals surface area contributed by atoms with Crippen molar-refractivity contribution in [1.29, 1.82) is 0 Å². The molecule has 0 saturated carbocycles. The van der Waals surface area contributed by atoms with Crippen molar-refractivity contribution < 1.29 is 9.59 Å². The smallest absolute Gasteiger partial charge is 0.252 e. The van der Waals surface area contributed by atoms with E-state index < -0.39 is 0 Å². The van der Waals surface area contributed by atoms with E-state index in [4.69, 9.17) is 0 Å². The molecule has 0 aliphatic carbocycles. The van der Waals surface area contributed by atoms with Gasteiger partial charge in [-0.15, -0.1) is 0 Å². The fourth-order valence-corrected chi connectivity index (χ4v) is 1.61. The minimum Gasteiger partial charge on any atom is -0.352 e. The average Bonchev–Trinajstić information content (AvgIpc) is 2.22. The van der Waals surface area contributed by atoms with Crippen LogP contribution in [0.15, 0.2) is 24.3 Å². The van der Waals surface area contributed by atoms with Gasteiger partial charge in [0.25, 0.3) is 5.91 Å². The van der Waals surface area contributed by atoms with E-state index in [0.717, 1.165) is 6.42 Å². The van der Waals surface area contributed by atoms with Gasteiger partial charge in [-0.25, -0.2) is 0 Å². The zero-order valence-corrected chi connectivity index (χ0v) is 7.75. The van der Waals surface area contributed by atoms with Crippen LogP contribution in [-0.4, -0.2) is 18.2 Å². The van der Waals surface area contributed by atoms with Crippen LogP contribution in [0.1, 0.15) is 33.6 Å². The van der Waals surface area contributed by atoms with Gasteiger partial charge in [-0.2, -0.15) is 0 Å². The lowest BCUT2D eigenvalue weighted by Gasteiger charge is -2.12. The van der Waals surface area contributed by atoms with E-state index >= 15 is 0 Å². The molecule has 0 radical (unpaired) electrons. The lowest BCUT2D eigenvalue weighted by molar-refractivity contribution is 0.0913. The van der Waals surface area contributed by atoms with Crippen molar-refractivity contribution in [1.82, 2.24) is 5.32 Å². The van der Waals surface area contributed by atoms with E-state index in [1.165, 1.54) is 0 Å². The van der Waals surface area contributed by atoms with Crippen LogP contribution in [0, 0.1) is 0 Å². The van der Waals surface area contributed by atoms with Gasteiger partial charge >= 0.3 is 0 Å². The Kier molecular flexibility index (Phi) is 2.31. The molecule has 0 saturated heterocycles. The van der Waals surface area contributed by atoms with Crippen molar-refractivity contribution in [3.63, 3.8) is 0 Å². The highest BCUT2D eigenvalue weighted by Crippen LogP contribution is 2.14. The van der Waals surface area contributed by atoms with Gasteiger partial charge in [0.15, 0.2) is 5.78 Å². The number of benzene rings is 1. The van der Waals surface area contributed by atoms with Gasteiger partial charge in [0.05, 0.1) is 5.56 Å². The number of fused-ring (bicyclic) bond motifs is 1. The summed E-state index contributed by atoms with van der Waals surface area (Å²) in [6.45, 7) is 0.582. The van der Waals surface area contributed by atoms with Crippen LogP contribution in [0.2, 0.25) is 0 Å². The molecular weight excluding hydrogens is 178 g/mol. The Morgan fingerprint density at radius 2 is 1.79 bits per heavy atom. The summed E-state index contributed by atoms with van der Waals surface area (Å²) in [4.78, 5) is 23.2. The molecule has 3 heteroatoms. The second-order valence-corrected chi connectivity index (χ2v) is 3.33. The summed E-state index contributed by atoms with van der Waals surface area (Å²) < 4.78 is 0. The maximum absolute atomic E-state index is 11.6. The van der Waals surface area contributed by atoms with E-state index in [9.17, 15) is 9.59 Å². The zero-order valence-electron chi connectivity index (χ0n) is 7.75. The summed E-state index contributed by atoms with van der Waals surface area (Å²) in [7, 11) is 0. The van der Waals surface area contributed by atoms with Crippen molar-refractivity contribution >= 4 is 11.7 Å². The minimum atomic E-state index is -0.145. The maximum atomic E-state index is 11.6. The second kappa shape index (κ2) is 3.62. The minimum absolute atomic E-state index is 0.0652. The van der Waals surface area contributed by atoms with Gasteiger partial charge in [0.1, 0.15) is 0 Å². The monoisotopic (exact) mass is 189 g/mol. The first-order valence-electron chi connectivity index (χ1n) is 4.69. The Morgan fingerprint density at radius 1 is 1.07 bits per heavy atom. The van der Waals surface area contributed by atoms with Gasteiger partial charge in [0, 0.05) is 18.5 Å². The molecule has 3 nitrogen and oxygen atoms in total. The molecule has 0 bridgehead atoms. The van der Waals surface area contributed by atoms with E-state index in [2.05, 4.69) is 5.32 Å². The zero-order chi connectivity index (χ0) is 9.97. The average molecular weight is 189 g/mol. The summed E-state index contributed by atoms with van der Waals surface area (Å²) in [6.07, 6.45) is 1.23. The number of rotatable bonds is 0. The number of hydrogen-bond acceptors (Lipinski definition) is 2. The molecule has 72 valence electrons. The standard InChI is InChI=1S/C11H11NO2/c13-10-6-3-7-12-11(14)9-5-2-1-4-8(9)10/h1-2,4-5H,3,6-7H2,(H,12,14). The summed E-state index contributed by atoms with van der Waals surface area (Å²) >= 11 is 0. The first kappa shape index (κ1) is 8.94. The summed E-state index contributed by atoms with van der Waals surface area (Å²) in [5.74, 6) is -0.0795. The third-order valence-electron chi connectivity index (χ3n) is 2.34. The molecular formula is C11H11NO2. The number of nitrogens with one attached hydrogen (secondary N) is 1. The Hall–Kier alpha value is -1.64. The Morgan fingerprint density at radius 3 is 2.57 bits per heavy atom. The van der Waals surface area contributed by atoms with Gasteiger partial charge in [-0.1, -0.05) is 18.2 Å². The van der Waals surface area contributed by atoms with Crippen molar-refractivity contribution in [3.8, 4) is 0 Å².